The Balaban J connectivity index is 1.90. The molecular weight excluding hydrogens is 236 g/mol. The second-order valence-corrected chi connectivity index (χ2v) is 5.83. The molecule has 0 radical (unpaired) electrons. The molecule has 0 fully saturated rings. The van der Waals surface area contributed by atoms with Crippen LogP contribution in [0.4, 0.5) is 0 Å². The molecule has 3 nitrogen and oxygen atoms in total. The maximum atomic E-state index is 5.39. The van der Waals surface area contributed by atoms with Gasteiger partial charge in [0.1, 0.15) is 0 Å². The zero-order valence-corrected chi connectivity index (χ0v) is 12.4. The summed E-state index contributed by atoms with van der Waals surface area (Å²) < 4.78 is 5.39. The van der Waals surface area contributed by atoms with Gasteiger partial charge in [0, 0.05) is 32.8 Å². The summed E-state index contributed by atoms with van der Waals surface area (Å²) in [5, 5.41) is 3.55. The molecule has 0 spiro atoms. The highest BCUT2D eigenvalue weighted by molar-refractivity contribution is 5.30. The first kappa shape index (κ1) is 14.5. The van der Waals surface area contributed by atoms with E-state index in [1.54, 1.807) is 7.11 Å². The number of benzene rings is 1. The molecule has 0 amide bonds. The Morgan fingerprint density at radius 1 is 1.16 bits per heavy atom. The molecule has 1 atom stereocenters. The van der Waals surface area contributed by atoms with E-state index in [2.05, 4.69) is 48.3 Å². The van der Waals surface area contributed by atoms with Gasteiger partial charge in [0.05, 0.1) is 6.61 Å². The van der Waals surface area contributed by atoms with E-state index >= 15 is 0 Å². The Labute approximate surface area is 116 Å². The lowest BCUT2D eigenvalue weighted by molar-refractivity contribution is 0.0872. The lowest BCUT2D eigenvalue weighted by Gasteiger charge is -2.27. The largest absolute Gasteiger partial charge is 0.383 e. The molecule has 1 heterocycles. The van der Waals surface area contributed by atoms with Crippen LogP contribution in [0.1, 0.15) is 25.0 Å². The van der Waals surface area contributed by atoms with Gasteiger partial charge in [0.2, 0.25) is 0 Å². The fourth-order valence-electron chi connectivity index (χ4n) is 2.64. The second kappa shape index (κ2) is 7.04. The fraction of sp³-hybridized carbons (Fsp3) is 0.625. The number of methoxy groups -OCH3 is 1. The van der Waals surface area contributed by atoms with Crippen LogP contribution < -0.4 is 5.32 Å². The highest BCUT2D eigenvalue weighted by atomic mass is 16.5. The molecule has 0 saturated heterocycles. The van der Waals surface area contributed by atoms with Crippen molar-refractivity contribution in [1.29, 1.82) is 0 Å². The van der Waals surface area contributed by atoms with Crippen molar-refractivity contribution >= 4 is 0 Å². The molecule has 1 aromatic carbocycles. The molecule has 1 unspecified atom stereocenters. The second-order valence-electron chi connectivity index (χ2n) is 5.83. The predicted octanol–water partition coefficient (Wildman–Crippen LogP) is 2.26. The zero-order chi connectivity index (χ0) is 13.7. The minimum Gasteiger partial charge on any atom is -0.383 e. The highest BCUT2D eigenvalue weighted by Crippen LogP contribution is 2.24. The van der Waals surface area contributed by atoms with E-state index in [4.69, 9.17) is 4.74 Å². The molecule has 0 aliphatic carbocycles. The number of nitrogens with zero attached hydrogens (tertiary/aromatic N) is 1. The van der Waals surface area contributed by atoms with Crippen LogP contribution in [-0.2, 0) is 17.8 Å². The number of hydrogen-bond donors (Lipinski definition) is 1. The molecule has 19 heavy (non-hydrogen) atoms. The SMILES string of the molecule is COCC(CNCC(C)C)N1Cc2ccccc2C1. The van der Waals surface area contributed by atoms with Crippen LogP contribution in [0, 0.1) is 5.92 Å². The Morgan fingerprint density at radius 3 is 2.32 bits per heavy atom. The third-order valence-corrected chi connectivity index (χ3v) is 3.67. The average Bonchev–Trinajstić information content (AvgIpc) is 2.81. The first-order valence-electron chi connectivity index (χ1n) is 7.21. The topological polar surface area (TPSA) is 24.5 Å². The third-order valence-electron chi connectivity index (χ3n) is 3.67. The van der Waals surface area contributed by atoms with E-state index in [9.17, 15) is 0 Å². The van der Waals surface area contributed by atoms with Gasteiger partial charge in [-0.15, -0.1) is 0 Å². The Morgan fingerprint density at radius 2 is 1.79 bits per heavy atom. The maximum Gasteiger partial charge on any atom is 0.0630 e. The first-order valence-corrected chi connectivity index (χ1v) is 7.21. The average molecular weight is 262 g/mol. The molecule has 1 N–H and O–H groups in total. The monoisotopic (exact) mass is 262 g/mol. The molecule has 1 aliphatic heterocycles. The van der Waals surface area contributed by atoms with Crippen LogP contribution in [0.3, 0.4) is 0 Å². The molecule has 0 aromatic heterocycles. The van der Waals surface area contributed by atoms with Crippen LogP contribution in [0.25, 0.3) is 0 Å². The summed E-state index contributed by atoms with van der Waals surface area (Å²) in [5.74, 6) is 0.693. The van der Waals surface area contributed by atoms with Crippen molar-refractivity contribution in [3.63, 3.8) is 0 Å². The van der Waals surface area contributed by atoms with Crippen molar-refractivity contribution in [3.8, 4) is 0 Å². The van der Waals surface area contributed by atoms with Gasteiger partial charge in [0.25, 0.3) is 0 Å². The molecule has 2 rings (SSSR count). The Hall–Kier alpha value is -0.900. The number of rotatable bonds is 7. The smallest absolute Gasteiger partial charge is 0.0630 e. The summed E-state index contributed by atoms with van der Waals surface area (Å²) in [6.07, 6.45) is 0. The molecule has 1 aromatic rings. The quantitative estimate of drug-likeness (QED) is 0.816. The van der Waals surface area contributed by atoms with Crippen molar-refractivity contribution in [2.45, 2.75) is 33.0 Å². The Kier molecular flexibility index (Phi) is 5.37. The number of nitrogens with one attached hydrogen (secondary N) is 1. The van der Waals surface area contributed by atoms with Crippen LogP contribution >= 0.6 is 0 Å². The zero-order valence-electron chi connectivity index (χ0n) is 12.4. The van der Waals surface area contributed by atoms with Crippen molar-refractivity contribution in [2.24, 2.45) is 5.92 Å². The van der Waals surface area contributed by atoms with Crippen LogP contribution in [0.5, 0.6) is 0 Å². The molecule has 0 saturated carbocycles. The normalized spacial score (nSPS) is 16.8. The van der Waals surface area contributed by atoms with Crippen LogP contribution in [-0.4, -0.2) is 37.7 Å². The maximum absolute atomic E-state index is 5.39. The Bertz CT molecular complexity index is 367. The first-order chi connectivity index (χ1) is 9.20. The van der Waals surface area contributed by atoms with E-state index in [0.29, 0.717) is 12.0 Å². The van der Waals surface area contributed by atoms with Crippen molar-refractivity contribution < 1.29 is 4.74 Å². The minimum absolute atomic E-state index is 0.455. The minimum atomic E-state index is 0.455. The third kappa shape index (κ3) is 4.03. The molecular formula is C16H26N2O. The van der Waals surface area contributed by atoms with E-state index in [1.807, 2.05) is 0 Å². The number of hydrogen-bond acceptors (Lipinski definition) is 3. The van der Waals surface area contributed by atoms with E-state index < -0.39 is 0 Å². The van der Waals surface area contributed by atoms with Gasteiger partial charge in [-0.3, -0.25) is 4.90 Å². The van der Waals surface area contributed by atoms with Crippen molar-refractivity contribution in [1.82, 2.24) is 10.2 Å². The van der Waals surface area contributed by atoms with E-state index in [1.165, 1.54) is 11.1 Å². The van der Waals surface area contributed by atoms with Gasteiger partial charge in [-0.05, 0) is 23.6 Å². The van der Waals surface area contributed by atoms with Crippen molar-refractivity contribution in [3.05, 3.63) is 35.4 Å². The molecule has 0 bridgehead atoms. The summed E-state index contributed by atoms with van der Waals surface area (Å²) in [6, 6.07) is 9.19. The standard InChI is InChI=1S/C16H26N2O/c1-13(2)8-17-9-16(12-19-3)18-10-14-6-4-5-7-15(14)11-18/h4-7,13,16-17H,8-12H2,1-3H3. The van der Waals surface area contributed by atoms with E-state index in [-0.39, 0.29) is 0 Å². The van der Waals surface area contributed by atoms with E-state index in [0.717, 1.165) is 32.8 Å². The molecule has 1 aliphatic rings. The predicted molar refractivity (Wildman–Crippen MR) is 79.1 cm³/mol. The van der Waals surface area contributed by atoms with Crippen LogP contribution in [0.15, 0.2) is 24.3 Å². The van der Waals surface area contributed by atoms with Gasteiger partial charge in [0.15, 0.2) is 0 Å². The van der Waals surface area contributed by atoms with Gasteiger partial charge < -0.3 is 10.1 Å². The van der Waals surface area contributed by atoms with Gasteiger partial charge in [-0.25, -0.2) is 0 Å². The summed E-state index contributed by atoms with van der Waals surface area (Å²) in [6.45, 7) is 9.44. The molecule has 3 heteroatoms. The summed E-state index contributed by atoms with van der Waals surface area (Å²) in [7, 11) is 1.79. The summed E-state index contributed by atoms with van der Waals surface area (Å²) >= 11 is 0. The van der Waals surface area contributed by atoms with Gasteiger partial charge >= 0.3 is 0 Å². The van der Waals surface area contributed by atoms with Crippen molar-refractivity contribution in [2.75, 3.05) is 26.8 Å². The number of ether oxygens (including phenoxy) is 1. The van der Waals surface area contributed by atoms with Crippen LogP contribution in [0.2, 0.25) is 0 Å². The van der Waals surface area contributed by atoms with Gasteiger partial charge in [-0.2, -0.15) is 0 Å². The van der Waals surface area contributed by atoms with Gasteiger partial charge in [-0.1, -0.05) is 38.1 Å². The summed E-state index contributed by atoms with van der Waals surface area (Å²) in [5.41, 5.74) is 2.93. The lowest BCUT2D eigenvalue weighted by atomic mass is 10.1. The fourth-order valence-corrected chi connectivity index (χ4v) is 2.64. The summed E-state index contributed by atoms with van der Waals surface area (Å²) in [4.78, 5) is 2.52. The lowest BCUT2D eigenvalue weighted by Crippen LogP contribution is -2.43. The highest BCUT2D eigenvalue weighted by Gasteiger charge is 2.25. The number of fused-ring (bicyclic) bond motifs is 1. The molecule has 106 valence electrons.